The van der Waals surface area contributed by atoms with Gasteiger partial charge in [-0.2, -0.15) is 0 Å². The van der Waals surface area contributed by atoms with Crippen molar-refractivity contribution in [1.29, 1.82) is 0 Å². The molecule has 0 heterocycles. The van der Waals surface area contributed by atoms with E-state index in [2.05, 4.69) is 94.6 Å². The van der Waals surface area contributed by atoms with E-state index in [0.29, 0.717) is 18.4 Å². The number of para-hydroxylation sites is 1. The number of hydrogen-bond donors (Lipinski definition) is 0. The van der Waals surface area contributed by atoms with Gasteiger partial charge >= 0.3 is 73.1 Å². The zero-order valence-corrected chi connectivity index (χ0v) is 24.3. The van der Waals surface area contributed by atoms with Crippen LogP contribution in [0, 0.1) is 6.92 Å². The maximum absolute atomic E-state index is 6.20. The molecule has 0 aromatic heterocycles. The summed E-state index contributed by atoms with van der Waals surface area (Å²) in [7, 11) is 0. The van der Waals surface area contributed by atoms with E-state index in [1.165, 1.54) is 17.5 Å². The van der Waals surface area contributed by atoms with E-state index in [1.807, 2.05) is 52.4 Å². The fourth-order valence-electron chi connectivity index (χ4n) is 3.67. The van der Waals surface area contributed by atoms with Gasteiger partial charge in [0.25, 0.3) is 0 Å². The SMILES string of the molecule is CC(C=Cc1ccc(C)cc1)=C(Oc1ccccc1)c1ccccc1.CC1=[C]([Ti][SiH](C)C)CC=C1. The Labute approximate surface area is 221 Å². The van der Waals surface area contributed by atoms with Crippen molar-refractivity contribution < 1.29 is 23.1 Å². The Bertz CT molecular complexity index is 1190. The van der Waals surface area contributed by atoms with Crippen molar-refractivity contribution in [3.05, 3.63) is 135 Å². The third kappa shape index (κ3) is 9.14. The average molecular weight is 513 g/mol. The van der Waals surface area contributed by atoms with Gasteiger partial charge in [0, 0.05) is 5.56 Å². The number of rotatable bonds is 7. The van der Waals surface area contributed by atoms with Crippen molar-refractivity contribution in [2.45, 2.75) is 40.3 Å². The molecule has 0 radical (unpaired) electrons. The second-order valence-electron chi connectivity index (χ2n) is 9.10. The molecule has 0 atom stereocenters. The number of ether oxygens (including phenoxy) is 1. The van der Waals surface area contributed by atoms with E-state index < -0.39 is 0 Å². The molecule has 0 spiro atoms. The number of aryl methyl sites for hydroxylation is 1. The molecule has 3 heteroatoms. The molecule has 3 aromatic rings. The zero-order chi connectivity index (χ0) is 25.0. The minimum atomic E-state index is -0.235. The third-order valence-corrected chi connectivity index (χ3v) is 11.8. The molecule has 0 fully saturated rings. The molecule has 1 aliphatic carbocycles. The minimum absolute atomic E-state index is 0.235. The normalized spacial score (nSPS) is 13.5. The molecule has 0 N–H and O–H groups in total. The molecule has 0 bridgehead atoms. The molecule has 178 valence electrons. The zero-order valence-electron chi connectivity index (χ0n) is 21.6. The first-order valence-corrected chi connectivity index (χ1v) is 18.7. The first kappa shape index (κ1) is 26.9. The topological polar surface area (TPSA) is 9.23 Å². The Kier molecular flexibility index (Phi) is 10.8. The maximum atomic E-state index is 6.20. The predicted octanol–water partition coefficient (Wildman–Crippen LogP) is 8.80. The van der Waals surface area contributed by atoms with Gasteiger partial charge in [0.15, 0.2) is 0 Å². The van der Waals surface area contributed by atoms with Crippen LogP contribution in [0.4, 0.5) is 0 Å². The molecular formula is C32H36OSiTi. The van der Waals surface area contributed by atoms with Gasteiger partial charge in [-0.25, -0.2) is 0 Å². The fourth-order valence-corrected chi connectivity index (χ4v) is 9.91. The molecular weight excluding hydrogens is 476 g/mol. The molecule has 1 aliphatic rings. The van der Waals surface area contributed by atoms with Gasteiger partial charge in [-0.05, 0) is 37.1 Å². The summed E-state index contributed by atoms with van der Waals surface area (Å²) in [4.78, 5) is 0. The van der Waals surface area contributed by atoms with Gasteiger partial charge in [0.1, 0.15) is 11.5 Å². The second kappa shape index (κ2) is 14.0. The summed E-state index contributed by atoms with van der Waals surface area (Å²) in [5, 5.41) is 0. The summed E-state index contributed by atoms with van der Waals surface area (Å²) < 4.78 is 8.02. The molecule has 0 saturated heterocycles. The van der Waals surface area contributed by atoms with Crippen LogP contribution < -0.4 is 4.74 Å². The van der Waals surface area contributed by atoms with Gasteiger partial charge in [-0.3, -0.25) is 0 Å². The molecule has 1 nitrogen and oxygen atoms in total. The van der Waals surface area contributed by atoms with Crippen LogP contribution in [0.5, 0.6) is 5.75 Å². The molecule has 35 heavy (non-hydrogen) atoms. The van der Waals surface area contributed by atoms with Gasteiger partial charge < -0.3 is 4.74 Å². The number of allylic oxidation sites excluding steroid dienone is 6. The van der Waals surface area contributed by atoms with Crippen LogP contribution >= 0.6 is 0 Å². The monoisotopic (exact) mass is 512 g/mol. The molecule has 0 amide bonds. The standard InChI is InChI=1S/C24H22O.C6H7.C2H7Si.Ti/c1-19-13-16-21(17-14-19)18-15-20(2)24(22-9-5-3-6-10-22)25-23-11-7-4-8-12-23;1-6-4-2-3-5-6;1-3-2;/h3-18H,1-2H3;2,4H,3H2,1H3;3H,1-2H3;. The van der Waals surface area contributed by atoms with Gasteiger partial charge in [-0.1, -0.05) is 90.5 Å². The van der Waals surface area contributed by atoms with E-state index in [1.54, 1.807) is 5.57 Å². The van der Waals surface area contributed by atoms with Gasteiger partial charge in [0.2, 0.25) is 0 Å². The second-order valence-corrected chi connectivity index (χ2v) is 19.4. The number of benzene rings is 3. The van der Waals surface area contributed by atoms with Crippen molar-refractivity contribution in [3.8, 4) is 5.75 Å². The molecule has 4 rings (SSSR count). The van der Waals surface area contributed by atoms with E-state index >= 15 is 0 Å². The van der Waals surface area contributed by atoms with E-state index in [0.717, 1.165) is 22.6 Å². The fraction of sp³-hybridized carbons (Fsp3) is 0.188. The average Bonchev–Trinajstić information content (AvgIpc) is 3.27. The van der Waals surface area contributed by atoms with Crippen LogP contribution in [0.2, 0.25) is 13.1 Å². The summed E-state index contributed by atoms with van der Waals surface area (Å²) in [6.45, 7) is 11.1. The van der Waals surface area contributed by atoms with Crippen molar-refractivity contribution in [2.75, 3.05) is 0 Å². The van der Waals surface area contributed by atoms with E-state index in [-0.39, 0.29) is 6.66 Å². The Hall–Kier alpha value is -2.65. The van der Waals surface area contributed by atoms with Crippen LogP contribution in [-0.2, 0) is 18.4 Å². The van der Waals surface area contributed by atoms with E-state index in [4.69, 9.17) is 4.74 Å². The van der Waals surface area contributed by atoms with Crippen molar-refractivity contribution >= 4 is 18.5 Å². The van der Waals surface area contributed by atoms with Gasteiger partial charge in [-0.15, -0.1) is 0 Å². The quantitative estimate of drug-likeness (QED) is 0.175. The summed E-state index contributed by atoms with van der Waals surface area (Å²) in [5.74, 6) is 1.71. The summed E-state index contributed by atoms with van der Waals surface area (Å²) in [6, 6.07) is 28.6. The Balaban J connectivity index is 0.000000287. The van der Waals surface area contributed by atoms with Crippen molar-refractivity contribution in [2.24, 2.45) is 0 Å². The summed E-state index contributed by atoms with van der Waals surface area (Å²) >= 11 is 0.350. The van der Waals surface area contributed by atoms with Crippen LogP contribution in [0.3, 0.4) is 0 Å². The summed E-state index contributed by atoms with van der Waals surface area (Å²) in [6.07, 6.45) is 10.1. The predicted molar refractivity (Wildman–Crippen MR) is 152 cm³/mol. The number of hydrogen-bond acceptors (Lipinski definition) is 1. The van der Waals surface area contributed by atoms with Crippen molar-refractivity contribution in [1.82, 2.24) is 0 Å². The molecule has 3 aromatic carbocycles. The first-order chi connectivity index (χ1) is 16.9. The molecule has 0 unspecified atom stereocenters. The van der Waals surface area contributed by atoms with Crippen LogP contribution in [-0.4, -0.2) is 6.66 Å². The Morgan fingerprint density at radius 2 is 1.49 bits per heavy atom. The van der Waals surface area contributed by atoms with Crippen LogP contribution in [0.15, 0.2) is 118 Å². The first-order valence-electron chi connectivity index (χ1n) is 12.3. The Morgan fingerprint density at radius 1 is 0.857 bits per heavy atom. The summed E-state index contributed by atoms with van der Waals surface area (Å²) in [5.41, 5.74) is 6.17. The van der Waals surface area contributed by atoms with E-state index in [9.17, 15) is 0 Å². The molecule has 0 saturated carbocycles. The van der Waals surface area contributed by atoms with Crippen molar-refractivity contribution in [3.63, 3.8) is 0 Å². The molecule has 0 aliphatic heterocycles. The van der Waals surface area contributed by atoms with Crippen LogP contribution in [0.1, 0.15) is 37.0 Å². The Morgan fingerprint density at radius 3 is 2.06 bits per heavy atom. The van der Waals surface area contributed by atoms with Gasteiger partial charge in [0.05, 0.1) is 0 Å². The van der Waals surface area contributed by atoms with Crippen LogP contribution in [0.25, 0.3) is 11.8 Å². The third-order valence-electron chi connectivity index (χ3n) is 5.59.